The van der Waals surface area contributed by atoms with E-state index < -0.39 is 0 Å². The molecule has 0 saturated carbocycles. The Bertz CT molecular complexity index is 154. The number of aldehydes is 1. The van der Waals surface area contributed by atoms with Gasteiger partial charge in [-0.1, -0.05) is 26.3 Å². The average Bonchev–Trinajstić information content (AvgIpc) is 1.60. The van der Waals surface area contributed by atoms with Gasteiger partial charge in [0.25, 0.3) is 0 Å². The zero-order valence-corrected chi connectivity index (χ0v) is 7.49. The molecule has 0 aromatic heterocycles. The number of carbonyl (C=O) groups excluding carboxylic acids is 1. The van der Waals surface area contributed by atoms with Crippen LogP contribution in [-0.4, -0.2) is 6.29 Å². The van der Waals surface area contributed by atoms with E-state index in [-0.39, 0.29) is 5.41 Å². The van der Waals surface area contributed by atoms with Gasteiger partial charge in [0, 0.05) is 0 Å². The van der Waals surface area contributed by atoms with E-state index in [4.69, 9.17) is 0 Å². The van der Waals surface area contributed by atoms with Gasteiger partial charge in [-0.15, -0.1) is 0 Å². The molecular weight excluding hydrogens is 124 g/mol. The van der Waals surface area contributed by atoms with Gasteiger partial charge in [0.05, 0.1) is 0 Å². The highest BCUT2D eigenvalue weighted by molar-refractivity contribution is 5.76. The van der Waals surface area contributed by atoms with Crippen molar-refractivity contribution in [3.8, 4) is 0 Å². The number of allylic oxidation sites excluding steroid dienone is 2. The first-order valence-electron chi connectivity index (χ1n) is 3.52. The number of hydrogen-bond acceptors (Lipinski definition) is 1. The molecule has 0 atom stereocenters. The maximum Gasteiger partial charge on any atom is 0.146 e. The third-order valence-electron chi connectivity index (χ3n) is 1.46. The third-order valence-corrected chi connectivity index (χ3v) is 1.46. The summed E-state index contributed by atoms with van der Waals surface area (Å²) in [6.07, 6.45) is 0.954. The first-order chi connectivity index (χ1) is 4.39. The van der Waals surface area contributed by atoms with Gasteiger partial charge in [0.2, 0.25) is 0 Å². The lowest BCUT2D eigenvalue weighted by molar-refractivity contribution is -0.105. The molecule has 0 N–H and O–H groups in total. The van der Waals surface area contributed by atoms with Gasteiger partial charge in [0.1, 0.15) is 6.29 Å². The zero-order valence-electron chi connectivity index (χ0n) is 7.49. The normalized spacial score (nSPS) is 10.9. The predicted octanol–water partition coefficient (Wildman–Crippen LogP) is 2.57. The van der Waals surface area contributed by atoms with E-state index >= 15 is 0 Å². The highest BCUT2D eigenvalue weighted by Crippen LogP contribution is 2.25. The van der Waals surface area contributed by atoms with E-state index in [0.717, 1.165) is 17.4 Å². The summed E-state index contributed by atoms with van der Waals surface area (Å²) in [5, 5.41) is 0. The second-order valence-corrected chi connectivity index (χ2v) is 3.78. The number of rotatable bonds is 1. The lowest BCUT2D eigenvalue weighted by atomic mass is 9.85. The van der Waals surface area contributed by atoms with Crippen molar-refractivity contribution >= 4 is 6.29 Å². The van der Waals surface area contributed by atoms with Crippen LogP contribution in [0.15, 0.2) is 11.1 Å². The molecule has 0 bridgehead atoms. The van der Waals surface area contributed by atoms with Gasteiger partial charge >= 0.3 is 0 Å². The molecule has 58 valence electrons. The lowest BCUT2D eigenvalue weighted by Crippen LogP contribution is -2.11. The molecule has 10 heavy (non-hydrogen) atoms. The molecule has 0 fully saturated rings. The third kappa shape index (κ3) is 2.34. The van der Waals surface area contributed by atoms with Crippen LogP contribution in [-0.2, 0) is 4.79 Å². The molecule has 0 amide bonds. The standard InChI is InChI=1S/C9H16O/c1-7(2)8(6-10)9(3,4)5/h6H,1-5H3. The summed E-state index contributed by atoms with van der Waals surface area (Å²) < 4.78 is 0. The maximum atomic E-state index is 10.5. The quantitative estimate of drug-likeness (QED) is 0.404. The second kappa shape index (κ2) is 3.00. The van der Waals surface area contributed by atoms with Crippen LogP contribution < -0.4 is 0 Å². The summed E-state index contributed by atoms with van der Waals surface area (Å²) in [7, 11) is 0. The Kier molecular flexibility index (Phi) is 2.82. The fourth-order valence-corrected chi connectivity index (χ4v) is 1.04. The highest BCUT2D eigenvalue weighted by Gasteiger charge is 2.16. The minimum atomic E-state index is 0.000579. The first-order valence-corrected chi connectivity index (χ1v) is 3.52. The summed E-state index contributed by atoms with van der Waals surface area (Å²) in [5.74, 6) is 0. The van der Waals surface area contributed by atoms with Crippen LogP contribution in [0.1, 0.15) is 34.6 Å². The monoisotopic (exact) mass is 140 g/mol. The molecular formula is C9H16O. The second-order valence-electron chi connectivity index (χ2n) is 3.78. The van der Waals surface area contributed by atoms with Crippen LogP contribution in [0.25, 0.3) is 0 Å². The lowest BCUT2D eigenvalue weighted by Gasteiger charge is -2.19. The van der Waals surface area contributed by atoms with E-state index in [1.807, 2.05) is 34.6 Å². The van der Waals surface area contributed by atoms with Crippen LogP contribution in [0, 0.1) is 5.41 Å². The minimum Gasteiger partial charge on any atom is -0.298 e. The van der Waals surface area contributed by atoms with Crippen molar-refractivity contribution in [2.24, 2.45) is 5.41 Å². The van der Waals surface area contributed by atoms with E-state index in [2.05, 4.69) is 0 Å². The zero-order chi connectivity index (χ0) is 8.36. The molecule has 0 unspecified atom stereocenters. The van der Waals surface area contributed by atoms with E-state index in [1.54, 1.807) is 0 Å². The van der Waals surface area contributed by atoms with Crippen molar-refractivity contribution in [1.29, 1.82) is 0 Å². The number of carbonyl (C=O) groups is 1. The van der Waals surface area contributed by atoms with Crippen molar-refractivity contribution in [2.45, 2.75) is 34.6 Å². The van der Waals surface area contributed by atoms with Crippen LogP contribution in [0.2, 0.25) is 0 Å². The Labute approximate surface area is 63.1 Å². The Hall–Kier alpha value is -0.590. The van der Waals surface area contributed by atoms with Gasteiger partial charge < -0.3 is 0 Å². The largest absolute Gasteiger partial charge is 0.298 e. The van der Waals surface area contributed by atoms with Gasteiger partial charge in [-0.3, -0.25) is 4.79 Å². The maximum absolute atomic E-state index is 10.5. The van der Waals surface area contributed by atoms with Crippen molar-refractivity contribution in [1.82, 2.24) is 0 Å². The molecule has 0 aliphatic rings. The van der Waals surface area contributed by atoms with Gasteiger partial charge in [0.15, 0.2) is 0 Å². The SMILES string of the molecule is CC(C)=C(C=O)C(C)(C)C. The van der Waals surface area contributed by atoms with Crippen molar-refractivity contribution in [3.05, 3.63) is 11.1 Å². The van der Waals surface area contributed by atoms with Crippen molar-refractivity contribution in [3.63, 3.8) is 0 Å². The van der Waals surface area contributed by atoms with Crippen LogP contribution in [0.3, 0.4) is 0 Å². The Morgan fingerprint density at radius 3 is 1.60 bits per heavy atom. The Morgan fingerprint density at radius 1 is 1.20 bits per heavy atom. The smallest absolute Gasteiger partial charge is 0.146 e. The molecule has 1 nitrogen and oxygen atoms in total. The molecule has 0 saturated heterocycles. The van der Waals surface area contributed by atoms with Crippen molar-refractivity contribution in [2.75, 3.05) is 0 Å². The molecule has 0 spiro atoms. The predicted molar refractivity (Wildman–Crippen MR) is 43.9 cm³/mol. The molecule has 0 aromatic carbocycles. The van der Waals surface area contributed by atoms with Crippen molar-refractivity contribution < 1.29 is 4.79 Å². The summed E-state index contributed by atoms with van der Waals surface area (Å²) in [6, 6.07) is 0. The fraction of sp³-hybridized carbons (Fsp3) is 0.667. The van der Waals surface area contributed by atoms with Crippen LogP contribution >= 0.6 is 0 Å². The first kappa shape index (κ1) is 9.41. The topological polar surface area (TPSA) is 17.1 Å². The van der Waals surface area contributed by atoms with Crippen LogP contribution in [0.4, 0.5) is 0 Å². The molecule has 0 aliphatic heterocycles. The van der Waals surface area contributed by atoms with E-state index in [1.165, 1.54) is 0 Å². The molecule has 0 aliphatic carbocycles. The average molecular weight is 140 g/mol. The van der Waals surface area contributed by atoms with E-state index in [9.17, 15) is 4.79 Å². The minimum absolute atomic E-state index is 0.000579. The number of hydrogen-bond donors (Lipinski definition) is 0. The molecule has 0 rings (SSSR count). The summed E-state index contributed by atoms with van der Waals surface area (Å²) in [5.41, 5.74) is 2.02. The van der Waals surface area contributed by atoms with Gasteiger partial charge in [-0.05, 0) is 24.8 Å². The molecule has 1 heteroatoms. The van der Waals surface area contributed by atoms with Gasteiger partial charge in [-0.2, -0.15) is 0 Å². The Balaban J connectivity index is 4.71. The Morgan fingerprint density at radius 2 is 1.60 bits per heavy atom. The molecule has 0 aromatic rings. The molecule has 0 radical (unpaired) electrons. The molecule has 0 heterocycles. The van der Waals surface area contributed by atoms with E-state index in [0.29, 0.717) is 0 Å². The van der Waals surface area contributed by atoms with Crippen LogP contribution in [0.5, 0.6) is 0 Å². The summed E-state index contributed by atoms with van der Waals surface area (Å²) in [6.45, 7) is 10.1. The fourth-order valence-electron chi connectivity index (χ4n) is 1.04. The summed E-state index contributed by atoms with van der Waals surface area (Å²) >= 11 is 0. The highest BCUT2D eigenvalue weighted by atomic mass is 16.1. The summed E-state index contributed by atoms with van der Waals surface area (Å²) in [4.78, 5) is 10.5. The van der Waals surface area contributed by atoms with Gasteiger partial charge in [-0.25, -0.2) is 0 Å².